The Hall–Kier alpha value is -1.77. The fourth-order valence-electron chi connectivity index (χ4n) is 2.79. The quantitative estimate of drug-likeness (QED) is 0.619. The molecule has 0 spiro atoms. The van der Waals surface area contributed by atoms with Crippen LogP contribution in [0.25, 0.3) is 0 Å². The normalized spacial score (nSPS) is 18.9. The van der Waals surface area contributed by atoms with Gasteiger partial charge < -0.3 is 9.64 Å². The van der Waals surface area contributed by atoms with Gasteiger partial charge in [0, 0.05) is 12.2 Å². The van der Waals surface area contributed by atoms with Gasteiger partial charge in [0.15, 0.2) is 0 Å². The maximum absolute atomic E-state index is 11.9. The van der Waals surface area contributed by atoms with Gasteiger partial charge >= 0.3 is 5.97 Å². The molecule has 1 saturated heterocycles. The molecule has 0 radical (unpaired) electrons. The number of benzene rings is 1. The van der Waals surface area contributed by atoms with Crippen LogP contribution in [0, 0.1) is 0 Å². The van der Waals surface area contributed by atoms with Crippen LogP contribution in [-0.4, -0.2) is 24.0 Å². The highest BCUT2D eigenvalue weighted by Gasteiger charge is 2.26. The number of nitrogens with zero attached hydrogens (tertiary/aromatic N) is 1. The molecular formula is C17H23NO2. The molecule has 0 saturated carbocycles. The number of allylic oxidation sites excluding steroid dienone is 1. The van der Waals surface area contributed by atoms with Gasteiger partial charge in [0.05, 0.1) is 18.2 Å². The van der Waals surface area contributed by atoms with Crippen LogP contribution in [0.15, 0.2) is 41.6 Å². The first-order valence-electron chi connectivity index (χ1n) is 7.33. The maximum atomic E-state index is 11.9. The Morgan fingerprint density at radius 3 is 2.70 bits per heavy atom. The Morgan fingerprint density at radius 2 is 2.05 bits per heavy atom. The molecule has 20 heavy (non-hydrogen) atoms. The number of hydrogen-bond acceptors (Lipinski definition) is 3. The van der Waals surface area contributed by atoms with Crippen LogP contribution >= 0.6 is 0 Å². The lowest BCUT2D eigenvalue weighted by Gasteiger charge is -2.29. The largest absolute Gasteiger partial charge is 0.463 e. The van der Waals surface area contributed by atoms with Crippen LogP contribution in [0.5, 0.6) is 0 Å². The summed E-state index contributed by atoms with van der Waals surface area (Å²) >= 11 is 0. The minimum atomic E-state index is -0.185. The van der Waals surface area contributed by atoms with Gasteiger partial charge in [-0.25, -0.2) is 4.79 Å². The Balaban J connectivity index is 2.23. The smallest absolute Gasteiger partial charge is 0.335 e. The summed E-state index contributed by atoms with van der Waals surface area (Å²) in [5, 5.41) is 0. The highest BCUT2D eigenvalue weighted by molar-refractivity contribution is 5.88. The van der Waals surface area contributed by atoms with E-state index in [0.29, 0.717) is 6.61 Å². The number of hydrogen-bond donors (Lipinski definition) is 0. The molecule has 0 bridgehead atoms. The van der Waals surface area contributed by atoms with Crippen LogP contribution in [0.3, 0.4) is 0 Å². The summed E-state index contributed by atoms with van der Waals surface area (Å²) in [5.74, 6) is -0.185. The molecule has 1 aliphatic rings. The van der Waals surface area contributed by atoms with Gasteiger partial charge in [0.2, 0.25) is 0 Å². The highest BCUT2D eigenvalue weighted by atomic mass is 16.5. The van der Waals surface area contributed by atoms with Gasteiger partial charge in [0.1, 0.15) is 0 Å². The standard InChI is InChI=1S/C17H23NO2/c1-4-20-17(19)13(2)16-11-8-12-18(16)14(3)15-9-6-5-7-10-15/h5-7,9-10,14H,4,8,11-12H2,1-3H3/b16-13-/t14-/m0/s1. The van der Waals surface area contributed by atoms with Crippen LogP contribution in [0.2, 0.25) is 0 Å². The molecule has 3 heteroatoms. The minimum Gasteiger partial charge on any atom is -0.463 e. The first-order valence-corrected chi connectivity index (χ1v) is 7.33. The monoisotopic (exact) mass is 273 g/mol. The summed E-state index contributed by atoms with van der Waals surface area (Å²) in [7, 11) is 0. The molecule has 1 heterocycles. The van der Waals surface area contributed by atoms with E-state index in [-0.39, 0.29) is 12.0 Å². The van der Waals surface area contributed by atoms with Gasteiger partial charge in [-0.2, -0.15) is 0 Å². The summed E-state index contributed by atoms with van der Waals surface area (Å²) < 4.78 is 5.13. The third-order valence-electron chi connectivity index (χ3n) is 3.92. The van der Waals surface area contributed by atoms with Gasteiger partial charge in [-0.1, -0.05) is 30.3 Å². The van der Waals surface area contributed by atoms with E-state index >= 15 is 0 Å². The van der Waals surface area contributed by atoms with Crippen molar-refractivity contribution in [1.29, 1.82) is 0 Å². The summed E-state index contributed by atoms with van der Waals surface area (Å²) in [5.41, 5.74) is 3.18. The van der Waals surface area contributed by atoms with Crippen molar-refractivity contribution in [2.24, 2.45) is 0 Å². The lowest BCUT2D eigenvalue weighted by molar-refractivity contribution is -0.138. The van der Waals surface area contributed by atoms with Gasteiger partial charge in [0.25, 0.3) is 0 Å². The average Bonchev–Trinajstić information content (AvgIpc) is 2.96. The third kappa shape index (κ3) is 3.03. The van der Waals surface area contributed by atoms with Crippen LogP contribution in [0.1, 0.15) is 45.2 Å². The molecule has 1 fully saturated rings. The molecule has 2 rings (SSSR count). The molecule has 0 N–H and O–H groups in total. The fourth-order valence-corrected chi connectivity index (χ4v) is 2.79. The van der Waals surface area contributed by atoms with Crippen molar-refractivity contribution in [1.82, 2.24) is 4.90 Å². The Morgan fingerprint density at radius 1 is 1.35 bits per heavy atom. The Labute approximate surface area is 121 Å². The molecule has 0 aliphatic carbocycles. The summed E-state index contributed by atoms with van der Waals surface area (Å²) in [6.07, 6.45) is 2.06. The number of carbonyl (C=O) groups excluding carboxylic acids is 1. The van der Waals surface area contributed by atoms with E-state index in [9.17, 15) is 4.79 Å². The number of carbonyl (C=O) groups is 1. The van der Waals surface area contributed by atoms with Gasteiger partial charge in [-0.05, 0) is 39.2 Å². The highest BCUT2D eigenvalue weighted by Crippen LogP contribution is 2.33. The van der Waals surface area contributed by atoms with E-state index < -0.39 is 0 Å². The van der Waals surface area contributed by atoms with E-state index in [1.807, 2.05) is 19.9 Å². The number of likely N-dealkylation sites (tertiary alicyclic amines) is 1. The molecule has 1 aromatic rings. The van der Waals surface area contributed by atoms with E-state index in [1.54, 1.807) is 0 Å². The van der Waals surface area contributed by atoms with Crippen molar-refractivity contribution in [3.63, 3.8) is 0 Å². The summed E-state index contributed by atoms with van der Waals surface area (Å²) in [6, 6.07) is 10.7. The molecule has 3 nitrogen and oxygen atoms in total. The number of rotatable bonds is 4. The predicted octanol–water partition coefficient (Wildman–Crippen LogP) is 3.68. The molecule has 0 unspecified atom stereocenters. The number of esters is 1. The zero-order valence-corrected chi connectivity index (χ0v) is 12.6. The topological polar surface area (TPSA) is 29.5 Å². The molecule has 108 valence electrons. The van der Waals surface area contributed by atoms with Gasteiger partial charge in [-0.3, -0.25) is 0 Å². The molecule has 0 aromatic heterocycles. The number of ether oxygens (including phenoxy) is 1. The van der Waals surface area contributed by atoms with Crippen molar-refractivity contribution < 1.29 is 9.53 Å². The Kier molecular flexibility index (Phi) is 4.83. The molecule has 1 aromatic carbocycles. The third-order valence-corrected chi connectivity index (χ3v) is 3.92. The average molecular weight is 273 g/mol. The van der Waals surface area contributed by atoms with Crippen molar-refractivity contribution in [2.75, 3.05) is 13.2 Å². The van der Waals surface area contributed by atoms with E-state index in [2.05, 4.69) is 36.1 Å². The van der Waals surface area contributed by atoms with Crippen molar-refractivity contribution in [3.05, 3.63) is 47.2 Å². The Bertz CT molecular complexity index is 493. The molecule has 1 atom stereocenters. The van der Waals surface area contributed by atoms with Crippen molar-refractivity contribution in [3.8, 4) is 0 Å². The molecule has 1 aliphatic heterocycles. The van der Waals surface area contributed by atoms with Crippen LogP contribution < -0.4 is 0 Å². The van der Waals surface area contributed by atoms with E-state index in [0.717, 1.165) is 30.7 Å². The summed E-state index contributed by atoms with van der Waals surface area (Å²) in [4.78, 5) is 14.3. The second-order valence-electron chi connectivity index (χ2n) is 5.18. The van der Waals surface area contributed by atoms with Crippen molar-refractivity contribution in [2.45, 2.75) is 39.7 Å². The van der Waals surface area contributed by atoms with Crippen molar-refractivity contribution >= 4 is 5.97 Å². The minimum absolute atomic E-state index is 0.185. The SMILES string of the molecule is CCOC(=O)/C(C)=C1/CCCN1[C@@H](C)c1ccccc1. The fraction of sp³-hybridized carbons (Fsp3) is 0.471. The van der Waals surface area contributed by atoms with Crippen LogP contribution in [0.4, 0.5) is 0 Å². The lowest BCUT2D eigenvalue weighted by Crippen LogP contribution is -2.24. The van der Waals surface area contributed by atoms with E-state index in [4.69, 9.17) is 4.74 Å². The maximum Gasteiger partial charge on any atom is 0.335 e. The molecule has 0 amide bonds. The zero-order chi connectivity index (χ0) is 14.5. The second-order valence-corrected chi connectivity index (χ2v) is 5.18. The molecular weight excluding hydrogens is 250 g/mol. The van der Waals surface area contributed by atoms with Gasteiger partial charge in [-0.15, -0.1) is 0 Å². The first kappa shape index (κ1) is 14.6. The predicted molar refractivity (Wildman–Crippen MR) is 80.1 cm³/mol. The lowest BCUT2D eigenvalue weighted by atomic mass is 10.1. The zero-order valence-electron chi connectivity index (χ0n) is 12.6. The first-order chi connectivity index (χ1) is 9.65. The van der Waals surface area contributed by atoms with Crippen LogP contribution in [-0.2, 0) is 9.53 Å². The second kappa shape index (κ2) is 6.60. The van der Waals surface area contributed by atoms with E-state index in [1.165, 1.54) is 5.56 Å². The summed E-state index contributed by atoms with van der Waals surface area (Å²) in [6.45, 7) is 7.34.